The van der Waals surface area contributed by atoms with Gasteiger partial charge < -0.3 is 25.6 Å². The van der Waals surface area contributed by atoms with E-state index in [4.69, 9.17) is 0 Å². The summed E-state index contributed by atoms with van der Waals surface area (Å²) >= 11 is 0. The maximum absolute atomic E-state index is 13.6. The molecule has 33 heavy (non-hydrogen) atoms. The summed E-state index contributed by atoms with van der Waals surface area (Å²) in [5.41, 5.74) is 0.124. The topological polar surface area (TPSA) is 126 Å². The quantitative estimate of drug-likeness (QED) is 0.444. The molecule has 1 unspecified atom stereocenters. The highest BCUT2D eigenvalue weighted by atomic mass is 19.3. The normalized spacial score (nSPS) is 23.5. The lowest BCUT2D eigenvalue weighted by atomic mass is 9.88. The molecule has 5 rings (SSSR count). The number of hydrogen-bond donors (Lipinski definition) is 4. The van der Waals surface area contributed by atoms with Crippen molar-refractivity contribution >= 4 is 28.9 Å². The average molecular weight is 459 g/mol. The standard InChI is InChI=1S/C21H23F2N7O3/c1-24-17-9-16(26-12-3-2-8-29(20(12)33)13-4-5-14(13)31)28-18-11(10-25-30(17)18)19(32)27-15-6-7-21(15,22)23/h2-3,8-10,13-15,24,31H,4-7H2,1H3,(H,26,28)(H,27,32)/t13?,14-,15-/m1/s1. The minimum absolute atomic E-state index is 0.0425. The number of aliphatic hydroxyl groups is 1. The first-order chi connectivity index (χ1) is 15.8. The van der Waals surface area contributed by atoms with Crippen molar-refractivity contribution in [3.63, 3.8) is 0 Å². The number of aromatic nitrogens is 4. The number of nitrogens with zero attached hydrogens (tertiary/aromatic N) is 4. The maximum atomic E-state index is 13.6. The monoisotopic (exact) mass is 459 g/mol. The molecule has 0 saturated heterocycles. The van der Waals surface area contributed by atoms with Gasteiger partial charge in [-0.1, -0.05) is 0 Å². The second-order valence-corrected chi connectivity index (χ2v) is 8.37. The van der Waals surface area contributed by atoms with Crippen LogP contribution < -0.4 is 21.5 Å². The summed E-state index contributed by atoms with van der Waals surface area (Å²) in [6.07, 6.45) is 3.66. The van der Waals surface area contributed by atoms with E-state index in [0.717, 1.165) is 0 Å². The summed E-state index contributed by atoms with van der Waals surface area (Å²) in [5.74, 6) is -2.88. The number of anilines is 3. The van der Waals surface area contributed by atoms with Gasteiger partial charge in [-0.3, -0.25) is 9.59 Å². The molecule has 3 heterocycles. The molecule has 0 aliphatic heterocycles. The van der Waals surface area contributed by atoms with Crippen molar-refractivity contribution < 1.29 is 18.7 Å². The molecule has 12 heteroatoms. The highest BCUT2D eigenvalue weighted by molar-refractivity contribution is 6.00. The number of carbonyl (C=O) groups excluding carboxylic acids is 1. The molecule has 2 saturated carbocycles. The Kier molecular flexibility index (Phi) is 5.04. The summed E-state index contributed by atoms with van der Waals surface area (Å²) in [4.78, 5) is 30.0. The number of fused-ring (bicyclic) bond motifs is 1. The number of nitrogens with one attached hydrogen (secondary N) is 3. The van der Waals surface area contributed by atoms with Gasteiger partial charge in [-0.25, -0.2) is 13.8 Å². The third kappa shape index (κ3) is 3.59. The average Bonchev–Trinajstić information content (AvgIpc) is 3.21. The number of aliphatic hydroxyl groups excluding tert-OH is 1. The lowest BCUT2D eigenvalue weighted by Gasteiger charge is -2.36. The second-order valence-electron chi connectivity index (χ2n) is 8.37. The van der Waals surface area contributed by atoms with Gasteiger partial charge in [-0.05, 0) is 31.4 Å². The third-order valence-corrected chi connectivity index (χ3v) is 6.35. The van der Waals surface area contributed by atoms with Gasteiger partial charge >= 0.3 is 0 Å². The van der Waals surface area contributed by atoms with Gasteiger partial charge in [0, 0.05) is 25.7 Å². The molecule has 3 atom stereocenters. The van der Waals surface area contributed by atoms with Gasteiger partial charge in [0.15, 0.2) is 5.65 Å². The highest BCUT2D eigenvalue weighted by Gasteiger charge is 2.49. The predicted molar refractivity (Wildman–Crippen MR) is 116 cm³/mol. The number of amides is 1. The van der Waals surface area contributed by atoms with E-state index in [1.54, 1.807) is 31.4 Å². The molecule has 3 aromatic rings. The number of hydrogen-bond acceptors (Lipinski definition) is 7. The first kappa shape index (κ1) is 21.3. The van der Waals surface area contributed by atoms with E-state index in [0.29, 0.717) is 18.7 Å². The number of alkyl halides is 2. The molecule has 1 amide bonds. The molecule has 0 spiro atoms. The number of pyridine rings is 1. The Morgan fingerprint density at radius 1 is 1.30 bits per heavy atom. The van der Waals surface area contributed by atoms with Crippen LogP contribution in [0.15, 0.2) is 35.4 Å². The molecule has 0 radical (unpaired) electrons. The fourth-order valence-electron chi connectivity index (χ4n) is 4.08. The second kappa shape index (κ2) is 7.80. The smallest absolute Gasteiger partial charge is 0.274 e. The minimum atomic E-state index is -2.92. The van der Waals surface area contributed by atoms with Crippen molar-refractivity contribution in [3.8, 4) is 0 Å². The lowest BCUT2D eigenvalue weighted by molar-refractivity contribution is -0.102. The van der Waals surface area contributed by atoms with E-state index in [9.17, 15) is 23.5 Å². The van der Waals surface area contributed by atoms with Crippen molar-refractivity contribution in [2.24, 2.45) is 0 Å². The summed E-state index contributed by atoms with van der Waals surface area (Å²) in [7, 11) is 1.66. The summed E-state index contributed by atoms with van der Waals surface area (Å²) in [6, 6.07) is 3.42. The van der Waals surface area contributed by atoms with E-state index >= 15 is 0 Å². The van der Waals surface area contributed by atoms with E-state index in [-0.39, 0.29) is 47.2 Å². The van der Waals surface area contributed by atoms with Crippen LogP contribution in [0.3, 0.4) is 0 Å². The van der Waals surface area contributed by atoms with Crippen LogP contribution in [0, 0.1) is 0 Å². The van der Waals surface area contributed by atoms with Gasteiger partial charge in [0.25, 0.3) is 17.4 Å². The zero-order chi connectivity index (χ0) is 23.3. The maximum Gasteiger partial charge on any atom is 0.274 e. The van der Waals surface area contributed by atoms with Gasteiger partial charge in [0.2, 0.25) is 0 Å². The molecular weight excluding hydrogens is 436 g/mol. The SMILES string of the molecule is CNc1cc(Nc2cccn(C3CC[C@H]3O)c2=O)nc2c(C(=O)N[C@@H]3CCC3(F)F)cnn12. The minimum Gasteiger partial charge on any atom is -0.391 e. The van der Waals surface area contributed by atoms with E-state index < -0.39 is 24.0 Å². The Morgan fingerprint density at radius 2 is 2.12 bits per heavy atom. The first-order valence-electron chi connectivity index (χ1n) is 10.7. The van der Waals surface area contributed by atoms with Crippen molar-refractivity contribution in [1.29, 1.82) is 0 Å². The molecule has 3 aromatic heterocycles. The summed E-state index contributed by atoms with van der Waals surface area (Å²) in [6.45, 7) is 0. The molecular formula is C21H23F2N7O3. The summed E-state index contributed by atoms with van der Waals surface area (Å²) in [5, 5.41) is 22.4. The van der Waals surface area contributed by atoms with Crippen LogP contribution in [0.2, 0.25) is 0 Å². The Labute approximate surface area is 186 Å². The van der Waals surface area contributed by atoms with E-state index in [2.05, 4.69) is 26.0 Å². The Hall–Kier alpha value is -3.54. The fraction of sp³-hybridized carbons (Fsp3) is 0.429. The van der Waals surface area contributed by atoms with Crippen molar-refractivity contribution in [1.82, 2.24) is 24.5 Å². The molecule has 2 aliphatic rings. The zero-order valence-corrected chi connectivity index (χ0v) is 17.8. The Bertz CT molecular complexity index is 1290. The van der Waals surface area contributed by atoms with Gasteiger partial charge in [0.1, 0.15) is 22.9 Å². The van der Waals surface area contributed by atoms with Crippen LogP contribution in [0.1, 0.15) is 42.1 Å². The number of carbonyl (C=O) groups is 1. The Morgan fingerprint density at radius 3 is 2.73 bits per heavy atom. The first-order valence-corrected chi connectivity index (χ1v) is 10.7. The van der Waals surface area contributed by atoms with Crippen LogP contribution in [0.25, 0.3) is 5.65 Å². The Balaban J connectivity index is 1.47. The third-order valence-electron chi connectivity index (χ3n) is 6.35. The van der Waals surface area contributed by atoms with Crippen LogP contribution >= 0.6 is 0 Å². The molecule has 4 N–H and O–H groups in total. The van der Waals surface area contributed by atoms with E-state index in [1.807, 2.05) is 0 Å². The zero-order valence-electron chi connectivity index (χ0n) is 17.8. The lowest BCUT2D eigenvalue weighted by Crippen LogP contribution is -2.55. The van der Waals surface area contributed by atoms with Crippen LogP contribution in [-0.2, 0) is 0 Å². The van der Waals surface area contributed by atoms with E-state index in [1.165, 1.54) is 15.3 Å². The number of halogens is 2. The van der Waals surface area contributed by atoms with Crippen LogP contribution in [0.5, 0.6) is 0 Å². The highest BCUT2D eigenvalue weighted by Crippen LogP contribution is 2.37. The van der Waals surface area contributed by atoms with Crippen molar-refractivity contribution in [3.05, 3.63) is 46.5 Å². The van der Waals surface area contributed by atoms with Crippen LogP contribution in [0.4, 0.5) is 26.1 Å². The van der Waals surface area contributed by atoms with Gasteiger partial charge in [-0.2, -0.15) is 9.61 Å². The fourth-order valence-corrected chi connectivity index (χ4v) is 4.08. The molecule has 2 aliphatic carbocycles. The van der Waals surface area contributed by atoms with Crippen molar-refractivity contribution in [2.45, 2.75) is 49.8 Å². The predicted octanol–water partition coefficient (Wildman–Crippen LogP) is 1.90. The largest absolute Gasteiger partial charge is 0.391 e. The van der Waals surface area contributed by atoms with Crippen molar-refractivity contribution in [2.75, 3.05) is 17.7 Å². The molecule has 174 valence electrons. The van der Waals surface area contributed by atoms with Gasteiger partial charge in [0.05, 0.1) is 24.4 Å². The van der Waals surface area contributed by atoms with Crippen LogP contribution in [-0.4, -0.2) is 55.3 Å². The molecule has 2 fully saturated rings. The van der Waals surface area contributed by atoms with Gasteiger partial charge in [-0.15, -0.1) is 0 Å². The molecule has 10 nitrogen and oxygen atoms in total. The number of rotatable bonds is 6. The molecule has 0 aromatic carbocycles. The molecule has 0 bridgehead atoms. The summed E-state index contributed by atoms with van der Waals surface area (Å²) < 4.78 is 30.1.